The second-order valence-electron chi connectivity index (χ2n) is 7.26. The SMILES string of the molecule is OC[C@H]1O[C@@H](n2c3ccccc3c3nc4cc(Cl)c(Cl)cc4nc32)[C@@H](O)[C@@H](O)[C@@H]1O. The molecule has 30 heavy (non-hydrogen) atoms. The lowest BCUT2D eigenvalue weighted by Gasteiger charge is -2.40. The van der Waals surface area contributed by atoms with E-state index in [9.17, 15) is 20.4 Å². The van der Waals surface area contributed by atoms with Gasteiger partial charge in [-0.05, 0) is 18.2 Å². The Morgan fingerprint density at radius 2 is 1.60 bits per heavy atom. The van der Waals surface area contributed by atoms with Gasteiger partial charge >= 0.3 is 0 Å². The van der Waals surface area contributed by atoms with Gasteiger partial charge in [0.2, 0.25) is 0 Å². The van der Waals surface area contributed by atoms with E-state index in [1.807, 2.05) is 24.3 Å². The van der Waals surface area contributed by atoms with Crippen LogP contribution in [0.1, 0.15) is 6.23 Å². The highest BCUT2D eigenvalue weighted by atomic mass is 35.5. The summed E-state index contributed by atoms with van der Waals surface area (Å²) in [6, 6.07) is 10.6. The number of hydrogen-bond donors (Lipinski definition) is 4. The van der Waals surface area contributed by atoms with Crippen LogP contribution < -0.4 is 0 Å². The van der Waals surface area contributed by atoms with Crippen molar-refractivity contribution in [1.29, 1.82) is 0 Å². The number of aliphatic hydroxyl groups is 4. The monoisotopic (exact) mass is 449 g/mol. The van der Waals surface area contributed by atoms with E-state index in [0.29, 0.717) is 37.8 Å². The van der Waals surface area contributed by atoms with Crippen LogP contribution in [0, 0.1) is 0 Å². The van der Waals surface area contributed by atoms with Crippen LogP contribution in [-0.4, -0.2) is 66.0 Å². The molecule has 0 radical (unpaired) electrons. The molecule has 4 aromatic rings. The molecule has 2 aromatic heterocycles. The quantitative estimate of drug-likeness (QED) is 0.369. The summed E-state index contributed by atoms with van der Waals surface area (Å²) in [5.74, 6) is 0. The molecule has 8 nitrogen and oxygen atoms in total. The molecule has 2 aromatic carbocycles. The number of aromatic nitrogens is 3. The highest BCUT2D eigenvalue weighted by molar-refractivity contribution is 6.42. The highest BCUT2D eigenvalue weighted by Crippen LogP contribution is 2.37. The summed E-state index contributed by atoms with van der Waals surface area (Å²) >= 11 is 12.3. The van der Waals surface area contributed by atoms with E-state index >= 15 is 0 Å². The van der Waals surface area contributed by atoms with E-state index in [1.54, 1.807) is 16.7 Å². The molecule has 0 saturated carbocycles. The Hall–Kier alpha value is -2.04. The van der Waals surface area contributed by atoms with E-state index in [1.165, 1.54) is 0 Å². The largest absolute Gasteiger partial charge is 0.394 e. The van der Waals surface area contributed by atoms with Gasteiger partial charge in [0.25, 0.3) is 0 Å². The third kappa shape index (κ3) is 2.88. The zero-order chi connectivity index (χ0) is 21.2. The Morgan fingerprint density at radius 3 is 2.30 bits per heavy atom. The van der Waals surface area contributed by atoms with Crippen molar-refractivity contribution in [3.63, 3.8) is 0 Å². The molecule has 5 rings (SSSR count). The van der Waals surface area contributed by atoms with Gasteiger partial charge in [-0.15, -0.1) is 0 Å². The van der Waals surface area contributed by atoms with Crippen LogP contribution in [0.5, 0.6) is 0 Å². The smallest absolute Gasteiger partial charge is 0.165 e. The van der Waals surface area contributed by atoms with E-state index in [2.05, 4.69) is 4.98 Å². The van der Waals surface area contributed by atoms with Crippen molar-refractivity contribution in [2.24, 2.45) is 0 Å². The van der Waals surface area contributed by atoms with Crippen molar-refractivity contribution >= 4 is 56.3 Å². The van der Waals surface area contributed by atoms with Crippen molar-refractivity contribution < 1.29 is 25.2 Å². The fraction of sp³-hybridized carbons (Fsp3) is 0.300. The van der Waals surface area contributed by atoms with Gasteiger partial charge in [-0.25, -0.2) is 9.97 Å². The van der Waals surface area contributed by atoms with E-state index in [0.717, 1.165) is 5.39 Å². The van der Waals surface area contributed by atoms with Crippen molar-refractivity contribution in [3.05, 3.63) is 46.4 Å². The van der Waals surface area contributed by atoms with Crippen LogP contribution in [0.3, 0.4) is 0 Å². The Balaban J connectivity index is 1.82. The number of benzene rings is 2. The number of halogens is 2. The average molecular weight is 450 g/mol. The van der Waals surface area contributed by atoms with Gasteiger partial charge < -0.3 is 25.2 Å². The van der Waals surface area contributed by atoms with Gasteiger partial charge in [0.15, 0.2) is 11.9 Å². The normalized spacial score (nSPS) is 27.3. The first kappa shape index (κ1) is 19.9. The number of para-hydroxylation sites is 1. The number of aliphatic hydroxyl groups excluding tert-OH is 4. The van der Waals surface area contributed by atoms with E-state index in [-0.39, 0.29) is 0 Å². The van der Waals surface area contributed by atoms with Gasteiger partial charge in [-0.2, -0.15) is 0 Å². The molecular weight excluding hydrogens is 433 g/mol. The first-order valence-corrected chi connectivity index (χ1v) is 10.0. The molecule has 0 amide bonds. The maximum absolute atomic E-state index is 10.7. The van der Waals surface area contributed by atoms with Crippen LogP contribution in [0.25, 0.3) is 33.1 Å². The molecule has 5 atom stereocenters. The molecule has 0 spiro atoms. The number of rotatable bonds is 2. The second-order valence-corrected chi connectivity index (χ2v) is 8.07. The molecule has 1 fully saturated rings. The third-order valence-corrected chi connectivity index (χ3v) is 6.18. The minimum Gasteiger partial charge on any atom is -0.394 e. The van der Waals surface area contributed by atoms with Gasteiger partial charge in [0, 0.05) is 5.39 Å². The van der Waals surface area contributed by atoms with E-state index in [4.69, 9.17) is 32.9 Å². The summed E-state index contributed by atoms with van der Waals surface area (Å²) in [7, 11) is 0. The summed E-state index contributed by atoms with van der Waals surface area (Å²) in [5.41, 5.74) is 2.64. The molecule has 1 aliphatic heterocycles. The minimum absolute atomic E-state index is 0.327. The topological polar surface area (TPSA) is 121 Å². The van der Waals surface area contributed by atoms with Crippen molar-refractivity contribution in [2.75, 3.05) is 6.61 Å². The standard InChI is InChI=1S/C20H17Cl2N3O5/c21-9-5-11-12(6-10(9)22)24-19-15(23-11)8-3-1-2-4-13(8)25(19)20-18(29)17(28)16(27)14(7-26)30-20/h1-6,14,16-18,20,26-29H,7H2/t14-,16-,17+,18+,20-/m1/s1. The molecule has 1 saturated heterocycles. The van der Waals surface area contributed by atoms with Crippen LogP contribution in [0.4, 0.5) is 0 Å². The lowest BCUT2D eigenvalue weighted by Crippen LogP contribution is -2.56. The molecule has 156 valence electrons. The highest BCUT2D eigenvalue weighted by Gasteiger charge is 2.45. The molecule has 0 bridgehead atoms. The van der Waals surface area contributed by atoms with Gasteiger partial charge in [-0.3, -0.25) is 4.57 Å². The van der Waals surface area contributed by atoms with Crippen molar-refractivity contribution in [1.82, 2.24) is 14.5 Å². The molecule has 1 aliphatic rings. The Bertz CT molecular complexity index is 1280. The Morgan fingerprint density at radius 1 is 0.933 bits per heavy atom. The Kier molecular flexibility index (Phi) is 4.83. The van der Waals surface area contributed by atoms with Gasteiger partial charge in [0.05, 0.1) is 33.2 Å². The van der Waals surface area contributed by atoms with Gasteiger partial charge in [-0.1, -0.05) is 41.4 Å². The summed E-state index contributed by atoms with van der Waals surface area (Å²) < 4.78 is 7.40. The second kappa shape index (κ2) is 7.28. The fourth-order valence-electron chi connectivity index (χ4n) is 3.94. The molecule has 3 heterocycles. The van der Waals surface area contributed by atoms with Crippen LogP contribution >= 0.6 is 23.2 Å². The Labute approximate surface area is 179 Å². The predicted octanol–water partition coefficient (Wildman–Crippen LogP) is 2.02. The summed E-state index contributed by atoms with van der Waals surface area (Å²) in [4.78, 5) is 9.38. The summed E-state index contributed by atoms with van der Waals surface area (Å²) in [5, 5.41) is 42.1. The number of nitrogens with zero attached hydrogens (tertiary/aromatic N) is 3. The average Bonchev–Trinajstić information content (AvgIpc) is 3.05. The predicted molar refractivity (Wildman–Crippen MR) is 112 cm³/mol. The van der Waals surface area contributed by atoms with Crippen LogP contribution in [0.2, 0.25) is 10.0 Å². The van der Waals surface area contributed by atoms with E-state index < -0.39 is 37.3 Å². The molecule has 10 heteroatoms. The zero-order valence-electron chi connectivity index (χ0n) is 15.4. The minimum atomic E-state index is -1.52. The first-order valence-electron chi connectivity index (χ1n) is 9.26. The fourth-order valence-corrected chi connectivity index (χ4v) is 4.26. The maximum atomic E-state index is 10.7. The maximum Gasteiger partial charge on any atom is 0.165 e. The van der Waals surface area contributed by atoms with Crippen molar-refractivity contribution in [2.45, 2.75) is 30.6 Å². The molecule has 4 N–H and O–H groups in total. The van der Waals surface area contributed by atoms with Crippen LogP contribution in [-0.2, 0) is 4.74 Å². The number of ether oxygens (including phenoxy) is 1. The first-order chi connectivity index (χ1) is 14.4. The number of fused-ring (bicyclic) bond motifs is 4. The summed E-state index contributed by atoms with van der Waals surface area (Å²) in [6.07, 6.45) is -6.60. The number of hydrogen-bond acceptors (Lipinski definition) is 7. The molecule has 0 aliphatic carbocycles. The van der Waals surface area contributed by atoms with Crippen molar-refractivity contribution in [3.8, 4) is 0 Å². The van der Waals surface area contributed by atoms with Gasteiger partial charge in [0.1, 0.15) is 29.9 Å². The lowest BCUT2D eigenvalue weighted by molar-refractivity contribution is -0.249. The van der Waals surface area contributed by atoms with Crippen LogP contribution in [0.15, 0.2) is 36.4 Å². The zero-order valence-corrected chi connectivity index (χ0v) is 16.9. The molecular formula is C20H17Cl2N3O5. The summed E-state index contributed by atoms with van der Waals surface area (Å²) in [6.45, 7) is -0.526. The third-order valence-electron chi connectivity index (χ3n) is 5.46. The lowest BCUT2D eigenvalue weighted by atomic mass is 9.98. The molecule has 0 unspecified atom stereocenters.